The van der Waals surface area contributed by atoms with Crippen LogP contribution in [-0.2, 0) is 10.2 Å². The summed E-state index contributed by atoms with van der Waals surface area (Å²) < 4.78 is 7.12. The van der Waals surface area contributed by atoms with E-state index in [9.17, 15) is 4.79 Å². The second-order valence-electron chi connectivity index (χ2n) is 11.3. The average Bonchev–Trinajstić information content (AvgIpc) is 3.33. The Bertz CT molecular complexity index is 1050. The van der Waals surface area contributed by atoms with Gasteiger partial charge in [-0.15, -0.1) is 0 Å². The molecule has 0 bridgehead atoms. The SMILES string of the molecule is O=C([C@@H]1C[NH2+]C[C@]12CCOc1c(Br)cccc12)N1CC[C@@H](c2ccccc2)C[C@H]1C1CCCCC1. The molecule has 186 valence electrons. The van der Waals surface area contributed by atoms with Gasteiger partial charge >= 0.3 is 0 Å². The van der Waals surface area contributed by atoms with E-state index in [2.05, 4.69) is 74.7 Å². The van der Waals surface area contributed by atoms with Gasteiger partial charge in [0, 0.05) is 18.2 Å². The summed E-state index contributed by atoms with van der Waals surface area (Å²) in [5.41, 5.74) is 2.56. The van der Waals surface area contributed by atoms with Crippen LogP contribution in [0.2, 0.25) is 0 Å². The van der Waals surface area contributed by atoms with Crippen LogP contribution in [0, 0.1) is 11.8 Å². The lowest BCUT2D eigenvalue weighted by Crippen LogP contribution is -2.82. The first-order chi connectivity index (χ1) is 17.2. The number of quaternary nitrogens is 1. The third-order valence-corrected chi connectivity index (χ3v) is 10.2. The van der Waals surface area contributed by atoms with Gasteiger partial charge in [-0.05, 0) is 71.5 Å². The van der Waals surface area contributed by atoms with E-state index in [0.29, 0.717) is 30.4 Å². The number of halogens is 1. The Labute approximate surface area is 217 Å². The summed E-state index contributed by atoms with van der Waals surface area (Å²) in [5, 5.41) is 2.38. The van der Waals surface area contributed by atoms with Crippen molar-refractivity contribution in [3.05, 3.63) is 64.1 Å². The molecule has 2 N–H and O–H groups in total. The molecule has 0 radical (unpaired) electrons. The van der Waals surface area contributed by atoms with Crippen LogP contribution in [0.25, 0.3) is 0 Å². The highest BCUT2D eigenvalue weighted by atomic mass is 79.9. The molecule has 2 aromatic rings. The number of carbonyl (C=O) groups excluding carboxylic acids is 1. The van der Waals surface area contributed by atoms with Crippen molar-refractivity contribution in [3.63, 3.8) is 0 Å². The van der Waals surface area contributed by atoms with Gasteiger partial charge in [0.2, 0.25) is 5.91 Å². The van der Waals surface area contributed by atoms with Crippen molar-refractivity contribution in [1.29, 1.82) is 0 Å². The summed E-state index contributed by atoms with van der Waals surface area (Å²) in [5.74, 6) is 2.61. The standard InChI is InChI=1S/C30H37BrN2O2/c31-26-13-7-12-24-28(26)35-17-15-30(24)20-32-19-25(30)29(34)33-16-14-23(21-8-3-1-4-9-21)18-27(33)22-10-5-2-6-11-22/h1,3-4,7-9,12-13,22-23,25,27,32H,2,5-6,10-11,14-20H2/p+1/t23-,25+,27+,30+/m1/s1. The Morgan fingerprint density at radius 3 is 2.69 bits per heavy atom. The van der Waals surface area contributed by atoms with Gasteiger partial charge in [0.15, 0.2) is 0 Å². The maximum atomic E-state index is 14.5. The van der Waals surface area contributed by atoms with Crippen LogP contribution in [0.5, 0.6) is 5.75 Å². The topological polar surface area (TPSA) is 46.1 Å². The molecule has 4 atom stereocenters. The number of nitrogens with zero attached hydrogens (tertiary/aromatic N) is 1. The average molecular weight is 539 g/mol. The quantitative estimate of drug-likeness (QED) is 0.597. The van der Waals surface area contributed by atoms with Crippen molar-refractivity contribution in [1.82, 2.24) is 4.90 Å². The first-order valence-corrected chi connectivity index (χ1v) is 14.6. The number of hydrogen-bond acceptors (Lipinski definition) is 2. The second-order valence-corrected chi connectivity index (χ2v) is 12.1. The molecular weight excluding hydrogens is 500 g/mol. The minimum Gasteiger partial charge on any atom is -0.492 e. The molecule has 6 rings (SSSR count). The van der Waals surface area contributed by atoms with Gasteiger partial charge < -0.3 is 15.0 Å². The smallest absolute Gasteiger partial charge is 0.232 e. The summed E-state index contributed by atoms with van der Waals surface area (Å²) in [6.45, 7) is 3.45. The summed E-state index contributed by atoms with van der Waals surface area (Å²) in [6.07, 6.45) is 9.67. The van der Waals surface area contributed by atoms with Crippen LogP contribution in [0.3, 0.4) is 0 Å². The molecule has 35 heavy (non-hydrogen) atoms. The highest BCUT2D eigenvalue weighted by Crippen LogP contribution is 2.48. The number of hydrogen-bond donors (Lipinski definition) is 1. The number of amides is 1. The lowest BCUT2D eigenvalue weighted by Gasteiger charge is -2.47. The van der Waals surface area contributed by atoms with Crippen molar-refractivity contribution in [2.75, 3.05) is 26.2 Å². The molecule has 1 saturated carbocycles. The highest BCUT2D eigenvalue weighted by Gasteiger charge is 2.56. The van der Waals surface area contributed by atoms with Crippen LogP contribution in [-0.4, -0.2) is 43.1 Å². The van der Waals surface area contributed by atoms with E-state index in [1.54, 1.807) is 0 Å². The lowest BCUT2D eigenvalue weighted by molar-refractivity contribution is -0.640. The molecule has 1 aliphatic carbocycles. The van der Waals surface area contributed by atoms with Gasteiger partial charge in [-0.3, -0.25) is 4.79 Å². The maximum absolute atomic E-state index is 14.5. The first kappa shape index (κ1) is 23.5. The number of likely N-dealkylation sites (tertiary alicyclic amines) is 1. The summed E-state index contributed by atoms with van der Waals surface area (Å²) in [7, 11) is 0. The van der Waals surface area contributed by atoms with Crippen molar-refractivity contribution < 1.29 is 14.8 Å². The van der Waals surface area contributed by atoms with Gasteiger partial charge in [-0.25, -0.2) is 0 Å². The minimum atomic E-state index is -0.123. The van der Waals surface area contributed by atoms with E-state index in [0.717, 1.165) is 49.1 Å². The number of fused-ring (bicyclic) bond motifs is 2. The Morgan fingerprint density at radius 1 is 1.03 bits per heavy atom. The van der Waals surface area contributed by atoms with E-state index < -0.39 is 0 Å². The van der Waals surface area contributed by atoms with Crippen molar-refractivity contribution in [2.24, 2.45) is 11.8 Å². The normalized spacial score (nSPS) is 31.2. The third-order valence-electron chi connectivity index (χ3n) is 9.57. The molecule has 3 heterocycles. The zero-order valence-corrected chi connectivity index (χ0v) is 22.2. The molecule has 1 amide bonds. The molecule has 4 nitrogen and oxygen atoms in total. The molecule has 2 saturated heterocycles. The number of nitrogens with two attached hydrogens (primary N) is 1. The molecule has 3 fully saturated rings. The van der Waals surface area contributed by atoms with Crippen molar-refractivity contribution in [3.8, 4) is 5.75 Å². The number of rotatable bonds is 3. The predicted octanol–water partition coefficient (Wildman–Crippen LogP) is 5.02. The molecule has 0 unspecified atom stereocenters. The summed E-state index contributed by atoms with van der Waals surface area (Å²) in [4.78, 5) is 16.9. The molecule has 0 aromatic heterocycles. The van der Waals surface area contributed by atoms with Crippen LogP contribution < -0.4 is 10.1 Å². The van der Waals surface area contributed by atoms with Crippen LogP contribution in [0.1, 0.15) is 68.4 Å². The van der Waals surface area contributed by atoms with E-state index in [1.807, 2.05) is 0 Å². The first-order valence-electron chi connectivity index (χ1n) is 13.8. The van der Waals surface area contributed by atoms with Gasteiger partial charge in [0.25, 0.3) is 0 Å². The molecule has 1 spiro atoms. The Kier molecular flexibility index (Phi) is 6.66. The van der Waals surface area contributed by atoms with Gasteiger partial charge in [0.1, 0.15) is 11.7 Å². The molecule has 2 aromatic carbocycles. The number of piperidine rings is 1. The summed E-state index contributed by atoms with van der Waals surface area (Å²) >= 11 is 3.71. The monoisotopic (exact) mass is 537 g/mol. The van der Waals surface area contributed by atoms with E-state index in [4.69, 9.17) is 4.74 Å². The zero-order valence-electron chi connectivity index (χ0n) is 20.6. The number of carbonyl (C=O) groups is 1. The van der Waals surface area contributed by atoms with Crippen LogP contribution in [0.15, 0.2) is 53.0 Å². The van der Waals surface area contributed by atoms with Gasteiger partial charge in [0.05, 0.1) is 29.6 Å². The Morgan fingerprint density at radius 2 is 1.86 bits per heavy atom. The molecule has 3 aliphatic heterocycles. The maximum Gasteiger partial charge on any atom is 0.232 e. The number of benzene rings is 2. The van der Waals surface area contributed by atoms with Gasteiger partial charge in [-0.1, -0.05) is 61.7 Å². The molecule has 4 aliphatic rings. The minimum absolute atomic E-state index is 0.0267. The fourth-order valence-corrected chi connectivity index (χ4v) is 8.25. The molecular formula is C30H38BrN2O2+. The van der Waals surface area contributed by atoms with Crippen LogP contribution >= 0.6 is 15.9 Å². The largest absolute Gasteiger partial charge is 0.492 e. The van der Waals surface area contributed by atoms with Gasteiger partial charge in [-0.2, -0.15) is 0 Å². The number of para-hydroxylation sites is 1. The van der Waals surface area contributed by atoms with E-state index in [-0.39, 0.29) is 11.3 Å². The number of ether oxygens (including phenoxy) is 1. The second kappa shape index (κ2) is 9.89. The van der Waals surface area contributed by atoms with Crippen molar-refractivity contribution in [2.45, 2.75) is 68.7 Å². The van der Waals surface area contributed by atoms with E-state index in [1.165, 1.54) is 43.2 Å². The highest BCUT2D eigenvalue weighted by molar-refractivity contribution is 9.10. The third kappa shape index (κ3) is 4.23. The Balaban J connectivity index is 1.31. The fraction of sp³-hybridized carbons (Fsp3) is 0.567. The lowest BCUT2D eigenvalue weighted by atomic mass is 9.67. The van der Waals surface area contributed by atoms with Crippen molar-refractivity contribution >= 4 is 21.8 Å². The fourth-order valence-electron chi connectivity index (χ4n) is 7.77. The Hall–Kier alpha value is -1.85. The predicted molar refractivity (Wildman–Crippen MR) is 142 cm³/mol. The van der Waals surface area contributed by atoms with E-state index >= 15 is 0 Å². The molecule has 5 heteroatoms. The zero-order chi connectivity index (χ0) is 23.8. The van der Waals surface area contributed by atoms with Crippen LogP contribution in [0.4, 0.5) is 0 Å². The summed E-state index contributed by atoms with van der Waals surface area (Å²) in [6, 6.07) is 17.8.